The van der Waals surface area contributed by atoms with Crippen molar-refractivity contribution < 1.29 is 14.6 Å². The van der Waals surface area contributed by atoms with Crippen molar-refractivity contribution in [2.75, 3.05) is 32.3 Å². The normalized spacial score (nSPS) is 10.6. The molecule has 3 rings (SSSR count). The van der Waals surface area contributed by atoms with E-state index in [0.717, 1.165) is 34.0 Å². The molecule has 0 spiro atoms. The summed E-state index contributed by atoms with van der Waals surface area (Å²) in [6.45, 7) is 2.55. The van der Waals surface area contributed by atoms with Gasteiger partial charge in [0.05, 0.1) is 20.8 Å². The fourth-order valence-electron chi connectivity index (χ4n) is 3.17. The van der Waals surface area contributed by atoms with Gasteiger partial charge in [0.15, 0.2) is 0 Å². The first-order chi connectivity index (χ1) is 14.7. The van der Waals surface area contributed by atoms with Crippen LogP contribution in [-0.4, -0.2) is 42.4 Å². The number of aliphatic hydroxyl groups excluding tert-OH is 1. The average molecular weight is 409 g/mol. The highest BCUT2D eigenvalue weighted by Crippen LogP contribution is 2.23. The van der Waals surface area contributed by atoms with Crippen LogP contribution in [0.25, 0.3) is 0 Å². The monoisotopic (exact) mass is 408 g/mol. The van der Waals surface area contributed by atoms with Crippen molar-refractivity contribution in [3.05, 3.63) is 77.7 Å². The summed E-state index contributed by atoms with van der Waals surface area (Å²) in [5, 5.41) is 12.3. The van der Waals surface area contributed by atoms with Crippen molar-refractivity contribution in [3.8, 4) is 11.5 Å². The molecule has 2 aromatic carbocycles. The second kappa shape index (κ2) is 11.1. The van der Waals surface area contributed by atoms with Crippen LogP contribution in [0.2, 0.25) is 0 Å². The summed E-state index contributed by atoms with van der Waals surface area (Å²) in [5.74, 6) is 2.52. The minimum atomic E-state index is 0.0877. The van der Waals surface area contributed by atoms with E-state index in [2.05, 4.69) is 44.5 Å². The molecule has 7 heteroatoms. The number of rotatable bonds is 11. The van der Waals surface area contributed by atoms with Gasteiger partial charge in [0, 0.05) is 37.9 Å². The van der Waals surface area contributed by atoms with E-state index in [-0.39, 0.29) is 6.61 Å². The molecule has 30 heavy (non-hydrogen) atoms. The van der Waals surface area contributed by atoms with Crippen LogP contribution < -0.4 is 19.7 Å². The lowest BCUT2D eigenvalue weighted by molar-refractivity contribution is 0.292. The van der Waals surface area contributed by atoms with Gasteiger partial charge in [0.25, 0.3) is 0 Å². The average Bonchev–Trinajstić information content (AvgIpc) is 2.80. The van der Waals surface area contributed by atoms with E-state index in [1.165, 1.54) is 0 Å². The second-order valence-electron chi connectivity index (χ2n) is 6.82. The quantitative estimate of drug-likeness (QED) is 0.472. The molecule has 158 valence electrons. The van der Waals surface area contributed by atoms with E-state index in [9.17, 15) is 0 Å². The van der Waals surface area contributed by atoms with Crippen LogP contribution in [0, 0.1) is 0 Å². The van der Waals surface area contributed by atoms with Crippen molar-refractivity contribution >= 4 is 5.82 Å². The maximum absolute atomic E-state index is 9.07. The summed E-state index contributed by atoms with van der Waals surface area (Å²) in [5.41, 5.74) is 3.28. The van der Waals surface area contributed by atoms with Crippen LogP contribution in [0.1, 0.15) is 16.7 Å². The third-order valence-electron chi connectivity index (χ3n) is 4.73. The largest absolute Gasteiger partial charge is 0.497 e. The summed E-state index contributed by atoms with van der Waals surface area (Å²) in [6, 6.07) is 16.1. The molecule has 1 aromatic heterocycles. The maximum atomic E-state index is 9.07. The molecule has 0 bridgehead atoms. The van der Waals surface area contributed by atoms with Crippen LogP contribution in [0.5, 0.6) is 11.5 Å². The number of ether oxygens (including phenoxy) is 2. The van der Waals surface area contributed by atoms with E-state index in [0.29, 0.717) is 26.2 Å². The number of methoxy groups -OCH3 is 2. The van der Waals surface area contributed by atoms with E-state index >= 15 is 0 Å². The summed E-state index contributed by atoms with van der Waals surface area (Å²) in [7, 11) is 3.33. The molecule has 0 atom stereocenters. The Morgan fingerprint density at radius 3 is 1.97 bits per heavy atom. The van der Waals surface area contributed by atoms with Gasteiger partial charge in [-0.1, -0.05) is 24.3 Å². The third kappa shape index (κ3) is 5.92. The number of benzene rings is 2. The highest BCUT2D eigenvalue weighted by atomic mass is 16.5. The Labute approximate surface area is 177 Å². The van der Waals surface area contributed by atoms with Crippen LogP contribution in [0.15, 0.2) is 61.1 Å². The van der Waals surface area contributed by atoms with Gasteiger partial charge in [-0.05, 0) is 35.4 Å². The number of hydrogen-bond donors (Lipinski definition) is 2. The summed E-state index contributed by atoms with van der Waals surface area (Å²) < 4.78 is 10.6. The van der Waals surface area contributed by atoms with Crippen LogP contribution in [-0.2, 0) is 19.6 Å². The number of anilines is 1. The predicted octanol–water partition coefficient (Wildman–Crippen LogP) is 2.78. The van der Waals surface area contributed by atoms with Crippen LogP contribution >= 0.6 is 0 Å². The van der Waals surface area contributed by atoms with E-state index in [1.807, 2.05) is 30.5 Å². The first kappa shape index (κ1) is 21.5. The zero-order valence-electron chi connectivity index (χ0n) is 17.4. The smallest absolute Gasteiger partial charge is 0.137 e. The molecule has 2 N–H and O–H groups in total. The van der Waals surface area contributed by atoms with Gasteiger partial charge in [0.2, 0.25) is 0 Å². The van der Waals surface area contributed by atoms with Gasteiger partial charge in [-0.3, -0.25) is 0 Å². The van der Waals surface area contributed by atoms with Crippen LogP contribution in [0.4, 0.5) is 5.82 Å². The SMILES string of the molecule is COc1ccc(CN(Cc2ccc(OC)cc2)c2ncncc2CNCCO)cc1. The van der Waals surface area contributed by atoms with Crippen LogP contribution in [0.3, 0.4) is 0 Å². The van der Waals surface area contributed by atoms with Crippen molar-refractivity contribution in [1.82, 2.24) is 15.3 Å². The molecule has 0 saturated heterocycles. The number of nitrogens with zero attached hydrogens (tertiary/aromatic N) is 3. The van der Waals surface area contributed by atoms with Crippen molar-refractivity contribution in [3.63, 3.8) is 0 Å². The lowest BCUT2D eigenvalue weighted by Gasteiger charge is -2.26. The summed E-state index contributed by atoms with van der Waals surface area (Å²) >= 11 is 0. The molecule has 0 unspecified atom stereocenters. The first-order valence-electron chi connectivity index (χ1n) is 9.84. The zero-order chi connectivity index (χ0) is 21.2. The van der Waals surface area contributed by atoms with E-state index in [1.54, 1.807) is 20.5 Å². The maximum Gasteiger partial charge on any atom is 0.137 e. The van der Waals surface area contributed by atoms with Gasteiger partial charge in [0.1, 0.15) is 23.6 Å². The molecule has 0 fully saturated rings. The molecule has 1 heterocycles. The number of hydrogen-bond acceptors (Lipinski definition) is 7. The Balaban J connectivity index is 1.87. The fourth-order valence-corrected chi connectivity index (χ4v) is 3.17. The molecular formula is C23H28N4O3. The van der Waals surface area contributed by atoms with Crippen molar-refractivity contribution in [1.29, 1.82) is 0 Å². The fraction of sp³-hybridized carbons (Fsp3) is 0.304. The van der Waals surface area contributed by atoms with Crippen molar-refractivity contribution in [2.24, 2.45) is 0 Å². The zero-order valence-corrected chi connectivity index (χ0v) is 17.4. The Hall–Kier alpha value is -3.16. The van der Waals surface area contributed by atoms with Gasteiger partial charge >= 0.3 is 0 Å². The molecular weight excluding hydrogens is 380 g/mol. The molecule has 0 aliphatic heterocycles. The minimum absolute atomic E-state index is 0.0877. The number of aliphatic hydroxyl groups is 1. The van der Waals surface area contributed by atoms with E-state index < -0.39 is 0 Å². The molecule has 0 aliphatic rings. The highest BCUT2D eigenvalue weighted by Gasteiger charge is 2.15. The Bertz CT molecular complexity index is 852. The van der Waals surface area contributed by atoms with Gasteiger partial charge in [-0.25, -0.2) is 9.97 Å². The molecule has 0 aliphatic carbocycles. The van der Waals surface area contributed by atoms with Gasteiger partial charge < -0.3 is 24.8 Å². The lowest BCUT2D eigenvalue weighted by Crippen LogP contribution is -2.26. The van der Waals surface area contributed by atoms with E-state index in [4.69, 9.17) is 14.6 Å². The van der Waals surface area contributed by atoms with Gasteiger partial charge in [-0.2, -0.15) is 0 Å². The third-order valence-corrected chi connectivity index (χ3v) is 4.73. The topological polar surface area (TPSA) is 79.7 Å². The molecule has 3 aromatic rings. The molecule has 7 nitrogen and oxygen atoms in total. The number of aromatic nitrogens is 2. The molecule has 0 saturated carbocycles. The molecule has 0 radical (unpaired) electrons. The van der Waals surface area contributed by atoms with Crippen molar-refractivity contribution in [2.45, 2.75) is 19.6 Å². The highest BCUT2D eigenvalue weighted by molar-refractivity contribution is 5.47. The first-order valence-corrected chi connectivity index (χ1v) is 9.84. The molecule has 0 amide bonds. The predicted molar refractivity (Wildman–Crippen MR) is 117 cm³/mol. The lowest BCUT2D eigenvalue weighted by atomic mass is 10.1. The Kier molecular flexibility index (Phi) is 8.00. The summed E-state index contributed by atoms with van der Waals surface area (Å²) in [6.07, 6.45) is 3.39. The Morgan fingerprint density at radius 1 is 0.900 bits per heavy atom. The van der Waals surface area contributed by atoms with Gasteiger partial charge in [-0.15, -0.1) is 0 Å². The summed E-state index contributed by atoms with van der Waals surface area (Å²) in [4.78, 5) is 11.0. The standard InChI is InChI=1S/C23H28N4O3/c1-29-21-7-3-18(4-8-21)15-27(16-19-5-9-22(30-2)10-6-19)23-20(13-24-11-12-28)14-25-17-26-23/h3-10,14,17,24,28H,11-13,15-16H2,1-2H3. The minimum Gasteiger partial charge on any atom is -0.497 e. The Morgan fingerprint density at radius 2 is 1.47 bits per heavy atom. The second-order valence-corrected chi connectivity index (χ2v) is 6.82. The number of nitrogens with one attached hydrogen (secondary N) is 1.